The monoisotopic (exact) mass is 495 g/mol. The summed E-state index contributed by atoms with van der Waals surface area (Å²) >= 11 is 2.74. The van der Waals surface area contributed by atoms with Crippen LogP contribution < -0.4 is 16.3 Å². The van der Waals surface area contributed by atoms with E-state index in [9.17, 15) is 9.59 Å². The van der Waals surface area contributed by atoms with Crippen molar-refractivity contribution < 1.29 is 4.79 Å². The Bertz CT molecular complexity index is 1210. The molecule has 34 heavy (non-hydrogen) atoms. The minimum atomic E-state index is -0.151. The maximum Gasteiger partial charge on any atom is 0.257 e. The van der Waals surface area contributed by atoms with E-state index in [1.165, 1.54) is 28.6 Å². The van der Waals surface area contributed by atoms with E-state index in [0.29, 0.717) is 16.8 Å². The summed E-state index contributed by atoms with van der Waals surface area (Å²) in [6.07, 6.45) is 4.59. The standard InChI is InChI=1S/C24H30BN5O2S2/c1-29(2)12-5-13-30-22(32)18-6-3-4-7-19(18)27-24(30)34-15-21(31)28-23-26-20(14-33-23)16-8-10-17(25)11-9-16/h8-11,14H,3-7,12-13,15,25H2,1-2H3,(H,26,28,31). The van der Waals surface area contributed by atoms with Crippen LogP contribution in [0.2, 0.25) is 0 Å². The van der Waals surface area contributed by atoms with E-state index in [-0.39, 0.29) is 17.2 Å². The maximum atomic E-state index is 13.2. The average molecular weight is 495 g/mol. The van der Waals surface area contributed by atoms with Gasteiger partial charge in [-0.05, 0) is 52.7 Å². The number of amides is 1. The number of nitrogens with zero attached hydrogens (tertiary/aromatic N) is 4. The zero-order chi connectivity index (χ0) is 24.1. The average Bonchev–Trinajstić information content (AvgIpc) is 3.28. The molecular formula is C24H30BN5O2S2. The summed E-state index contributed by atoms with van der Waals surface area (Å²) in [4.78, 5) is 37.4. The van der Waals surface area contributed by atoms with Crippen LogP contribution in [0.1, 0.15) is 30.5 Å². The van der Waals surface area contributed by atoms with E-state index in [1.807, 2.05) is 51.6 Å². The number of carbonyl (C=O) groups is 1. The Morgan fingerprint density at radius 1 is 1.21 bits per heavy atom. The molecule has 7 nitrogen and oxygen atoms in total. The van der Waals surface area contributed by atoms with E-state index in [1.54, 1.807) is 4.57 Å². The third-order valence-electron chi connectivity index (χ3n) is 5.82. The van der Waals surface area contributed by atoms with E-state index >= 15 is 0 Å². The molecule has 0 bridgehead atoms. The highest BCUT2D eigenvalue weighted by Gasteiger charge is 2.20. The molecule has 178 valence electrons. The number of hydrogen-bond acceptors (Lipinski definition) is 7. The Morgan fingerprint density at radius 3 is 2.74 bits per heavy atom. The van der Waals surface area contributed by atoms with Gasteiger partial charge in [-0.1, -0.05) is 41.5 Å². The van der Waals surface area contributed by atoms with Gasteiger partial charge in [0, 0.05) is 23.1 Å². The van der Waals surface area contributed by atoms with E-state index in [0.717, 1.165) is 61.2 Å². The van der Waals surface area contributed by atoms with Crippen molar-refractivity contribution in [2.75, 3.05) is 31.7 Å². The van der Waals surface area contributed by atoms with Crippen LogP contribution in [0.5, 0.6) is 0 Å². The molecule has 0 fully saturated rings. The lowest BCUT2D eigenvalue weighted by atomic mass is 9.95. The molecule has 1 amide bonds. The highest BCUT2D eigenvalue weighted by atomic mass is 32.2. The van der Waals surface area contributed by atoms with Gasteiger partial charge in [0.25, 0.3) is 5.56 Å². The molecule has 10 heteroatoms. The normalized spacial score (nSPS) is 13.1. The summed E-state index contributed by atoms with van der Waals surface area (Å²) in [5.41, 5.74) is 4.90. The summed E-state index contributed by atoms with van der Waals surface area (Å²) in [6, 6.07) is 8.16. The molecule has 3 aromatic rings. The molecule has 0 aliphatic heterocycles. The zero-order valence-corrected chi connectivity index (χ0v) is 21.6. The number of thioether (sulfide) groups is 1. The van der Waals surface area contributed by atoms with E-state index in [4.69, 9.17) is 4.98 Å². The Hall–Kier alpha value is -2.43. The van der Waals surface area contributed by atoms with Gasteiger partial charge in [-0.3, -0.25) is 14.2 Å². The van der Waals surface area contributed by atoms with Gasteiger partial charge in [0.2, 0.25) is 5.91 Å². The molecule has 0 radical (unpaired) electrons. The molecule has 0 saturated carbocycles. The van der Waals surface area contributed by atoms with Crippen LogP contribution in [0.4, 0.5) is 5.13 Å². The number of nitrogens with one attached hydrogen (secondary N) is 1. The number of rotatable bonds is 9. The first-order valence-electron chi connectivity index (χ1n) is 11.6. The van der Waals surface area contributed by atoms with Crippen LogP contribution in [0, 0.1) is 0 Å². The molecule has 2 aromatic heterocycles. The van der Waals surface area contributed by atoms with Gasteiger partial charge in [0.15, 0.2) is 10.3 Å². The van der Waals surface area contributed by atoms with Crippen molar-refractivity contribution in [3.63, 3.8) is 0 Å². The molecule has 0 spiro atoms. The lowest BCUT2D eigenvalue weighted by Crippen LogP contribution is -2.31. The fraction of sp³-hybridized carbons (Fsp3) is 0.417. The van der Waals surface area contributed by atoms with Crippen molar-refractivity contribution in [1.82, 2.24) is 19.4 Å². The molecule has 1 N–H and O–H groups in total. The second kappa shape index (κ2) is 11.3. The van der Waals surface area contributed by atoms with Crippen LogP contribution in [-0.4, -0.2) is 59.6 Å². The number of carbonyl (C=O) groups excluding carboxylic acids is 1. The van der Waals surface area contributed by atoms with Gasteiger partial charge >= 0.3 is 0 Å². The molecule has 1 aliphatic rings. The Morgan fingerprint density at radius 2 is 1.97 bits per heavy atom. The fourth-order valence-corrected chi connectivity index (χ4v) is 5.57. The molecule has 1 aromatic carbocycles. The van der Waals surface area contributed by atoms with Crippen LogP contribution >= 0.6 is 23.1 Å². The Balaban J connectivity index is 1.44. The van der Waals surface area contributed by atoms with Crippen LogP contribution in [-0.2, 0) is 24.2 Å². The summed E-state index contributed by atoms with van der Waals surface area (Å²) in [7, 11) is 6.10. The maximum absolute atomic E-state index is 13.2. The number of thiazole rings is 1. The number of fused-ring (bicyclic) bond motifs is 1. The predicted octanol–water partition coefficient (Wildman–Crippen LogP) is 2.19. The first kappa shape index (κ1) is 24.7. The molecule has 2 heterocycles. The Labute approximate surface area is 209 Å². The van der Waals surface area contributed by atoms with E-state index < -0.39 is 0 Å². The molecule has 4 rings (SSSR count). The zero-order valence-electron chi connectivity index (χ0n) is 20.0. The highest BCUT2D eigenvalue weighted by Crippen LogP contribution is 2.25. The first-order chi connectivity index (χ1) is 16.4. The van der Waals surface area contributed by atoms with E-state index in [2.05, 4.69) is 15.2 Å². The Kier molecular flexibility index (Phi) is 8.23. The molecular weight excluding hydrogens is 465 g/mol. The third-order valence-corrected chi connectivity index (χ3v) is 7.55. The quantitative estimate of drug-likeness (QED) is 0.279. The van der Waals surface area contributed by atoms with Crippen molar-refractivity contribution in [3.8, 4) is 11.3 Å². The number of aromatic nitrogens is 3. The van der Waals surface area contributed by atoms with Crippen molar-refractivity contribution in [2.24, 2.45) is 0 Å². The largest absolute Gasteiger partial charge is 0.309 e. The third kappa shape index (κ3) is 6.17. The van der Waals surface area contributed by atoms with Crippen molar-refractivity contribution in [2.45, 2.75) is 43.8 Å². The summed E-state index contributed by atoms with van der Waals surface area (Å²) < 4.78 is 1.77. The second-order valence-electron chi connectivity index (χ2n) is 8.88. The molecule has 0 unspecified atom stereocenters. The van der Waals surface area contributed by atoms with Gasteiger partial charge in [0.1, 0.15) is 7.85 Å². The van der Waals surface area contributed by atoms with Crippen LogP contribution in [0.25, 0.3) is 11.3 Å². The summed E-state index contributed by atoms with van der Waals surface area (Å²) in [5.74, 6) is 0.0276. The van der Waals surface area contributed by atoms with Crippen molar-refractivity contribution in [3.05, 3.63) is 51.3 Å². The molecule has 1 aliphatic carbocycles. The first-order valence-corrected chi connectivity index (χ1v) is 13.5. The topological polar surface area (TPSA) is 80.1 Å². The number of aryl methyl sites for hydroxylation is 1. The van der Waals surface area contributed by atoms with Gasteiger partial charge in [-0.25, -0.2) is 9.97 Å². The number of hydrogen-bond donors (Lipinski definition) is 1. The SMILES string of the molecule is Bc1ccc(-c2csc(NC(=O)CSc3nc4c(c(=O)n3CCCN(C)C)CCCC4)n2)cc1. The van der Waals surface area contributed by atoms with Gasteiger partial charge in [-0.2, -0.15) is 0 Å². The lowest BCUT2D eigenvalue weighted by Gasteiger charge is -2.20. The van der Waals surface area contributed by atoms with Crippen molar-refractivity contribution in [1.29, 1.82) is 0 Å². The van der Waals surface area contributed by atoms with Crippen LogP contribution in [0.15, 0.2) is 39.6 Å². The minimum Gasteiger partial charge on any atom is -0.309 e. The van der Waals surface area contributed by atoms with Gasteiger partial charge in [0.05, 0.1) is 17.1 Å². The number of benzene rings is 1. The predicted molar refractivity (Wildman–Crippen MR) is 143 cm³/mol. The molecule has 0 saturated heterocycles. The second-order valence-corrected chi connectivity index (χ2v) is 10.7. The summed E-state index contributed by atoms with van der Waals surface area (Å²) in [6.45, 7) is 1.50. The fourth-order valence-electron chi connectivity index (χ4n) is 3.99. The number of anilines is 1. The minimum absolute atomic E-state index is 0.0639. The molecule has 0 atom stereocenters. The summed E-state index contributed by atoms with van der Waals surface area (Å²) in [5, 5.41) is 6.05. The van der Waals surface area contributed by atoms with Crippen molar-refractivity contribution >= 4 is 47.4 Å². The van der Waals surface area contributed by atoms with Crippen LogP contribution in [0.3, 0.4) is 0 Å². The highest BCUT2D eigenvalue weighted by molar-refractivity contribution is 7.99. The van der Waals surface area contributed by atoms with Gasteiger partial charge in [-0.15, -0.1) is 11.3 Å². The van der Waals surface area contributed by atoms with Gasteiger partial charge < -0.3 is 10.2 Å². The lowest BCUT2D eigenvalue weighted by molar-refractivity contribution is -0.113. The smallest absolute Gasteiger partial charge is 0.257 e.